The average Bonchev–Trinajstić information content (AvgIpc) is 3.01. The molecule has 1 saturated heterocycles. The second-order valence-electron chi connectivity index (χ2n) is 5.19. The summed E-state index contributed by atoms with van der Waals surface area (Å²) in [4.78, 5) is 22.9. The van der Waals surface area contributed by atoms with E-state index in [1.54, 1.807) is 48.5 Å². The third-order valence-electron chi connectivity index (χ3n) is 3.43. The largest absolute Gasteiger partial charge is 0.484 e. The van der Waals surface area contributed by atoms with Crippen LogP contribution in [0.25, 0.3) is 0 Å². The number of rotatable bonds is 5. The maximum atomic E-state index is 11.9. The third kappa shape index (κ3) is 4.17. The smallest absolute Gasteiger partial charge is 0.407 e. The summed E-state index contributed by atoms with van der Waals surface area (Å²) in [7, 11) is 0. The Labute approximate surface area is 143 Å². The number of alkyl carbamates (subject to hydrolysis) is 1. The van der Waals surface area contributed by atoms with E-state index in [9.17, 15) is 9.59 Å². The number of carbonyl (C=O) groups is 2. The van der Waals surface area contributed by atoms with Crippen LogP contribution in [0, 0.1) is 0 Å². The Morgan fingerprint density at radius 3 is 2.54 bits per heavy atom. The zero-order chi connectivity index (χ0) is 16.9. The second kappa shape index (κ2) is 7.23. The Morgan fingerprint density at radius 1 is 1.21 bits per heavy atom. The molecule has 0 aliphatic carbocycles. The molecule has 0 aromatic heterocycles. The lowest BCUT2D eigenvalue weighted by molar-refractivity contribution is -0.118. The van der Waals surface area contributed by atoms with Crippen LogP contribution in [0.2, 0.25) is 5.02 Å². The van der Waals surface area contributed by atoms with E-state index in [0.29, 0.717) is 23.0 Å². The minimum atomic E-state index is -0.420. The lowest BCUT2D eigenvalue weighted by atomic mass is 10.1. The fourth-order valence-electron chi connectivity index (χ4n) is 2.23. The molecule has 24 heavy (non-hydrogen) atoms. The lowest BCUT2D eigenvalue weighted by Gasteiger charge is -2.10. The van der Waals surface area contributed by atoms with Gasteiger partial charge in [-0.2, -0.15) is 0 Å². The minimum Gasteiger partial charge on any atom is -0.484 e. The fraction of sp³-hybridized carbons (Fsp3) is 0.176. The molecule has 7 heteroatoms. The molecule has 2 aromatic rings. The molecule has 2 N–H and O–H groups in total. The second-order valence-corrected chi connectivity index (χ2v) is 5.62. The molecule has 1 aliphatic rings. The Bertz CT molecular complexity index is 731. The molecule has 0 radical (unpaired) electrons. The van der Waals surface area contributed by atoms with Crippen LogP contribution in [0.1, 0.15) is 11.7 Å². The zero-order valence-electron chi connectivity index (χ0n) is 12.6. The van der Waals surface area contributed by atoms with Gasteiger partial charge in [-0.15, -0.1) is 0 Å². The molecule has 0 spiro atoms. The Morgan fingerprint density at radius 2 is 1.92 bits per heavy atom. The standard InChI is InChI=1S/C17H15ClN2O4/c18-12-3-7-14(8-4-12)23-10-16(21)20-13-5-1-11(2-6-13)15-9-19-17(22)24-15/h1-8,15H,9-10H2,(H,19,22)(H,20,21). The van der Waals surface area contributed by atoms with Crippen molar-refractivity contribution in [3.63, 3.8) is 0 Å². The summed E-state index contributed by atoms with van der Waals surface area (Å²) in [5, 5.41) is 5.94. The van der Waals surface area contributed by atoms with Crippen molar-refractivity contribution in [3.05, 3.63) is 59.1 Å². The van der Waals surface area contributed by atoms with E-state index in [0.717, 1.165) is 5.56 Å². The molecule has 0 bridgehead atoms. The van der Waals surface area contributed by atoms with E-state index >= 15 is 0 Å². The maximum absolute atomic E-state index is 11.9. The average molecular weight is 347 g/mol. The Kier molecular flexibility index (Phi) is 4.86. The van der Waals surface area contributed by atoms with Gasteiger partial charge >= 0.3 is 6.09 Å². The normalized spacial score (nSPS) is 16.2. The summed E-state index contributed by atoms with van der Waals surface area (Å²) in [5.74, 6) is 0.298. The first-order valence-electron chi connectivity index (χ1n) is 7.33. The fourth-order valence-corrected chi connectivity index (χ4v) is 2.36. The monoisotopic (exact) mass is 346 g/mol. The van der Waals surface area contributed by atoms with E-state index in [1.165, 1.54) is 0 Å². The topological polar surface area (TPSA) is 76.7 Å². The maximum Gasteiger partial charge on any atom is 0.407 e. The minimum absolute atomic E-state index is 0.104. The Hall–Kier alpha value is -2.73. The molecule has 1 fully saturated rings. The molecule has 1 unspecified atom stereocenters. The van der Waals surface area contributed by atoms with Gasteiger partial charge in [0, 0.05) is 10.7 Å². The first-order valence-corrected chi connectivity index (χ1v) is 7.70. The number of benzene rings is 2. The predicted octanol–water partition coefficient (Wildman–Crippen LogP) is 3.14. The van der Waals surface area contributed by atoms with Crippen LogP contribution in [0.5, 0.6) is 5.75 Å². The number of hydrogen-bond donors (Lipinski definition) is 2. The highest BCUT2D eigenvalue weighted by atomic mass is 35.5. The Balaban J connectivity index is 1.51. The highest BCUT2D eigenvalue weighted by molar-refractivity contribution is 6.30. The molecule has 0 saturated carbocycles. The van der Waals surface area contributed by atoms with Gasteiger partial charge in [0.05, 0.1) is 6.54 Å². The van der Waals surface area contributed by atoms with E-state index in [-0.39, 0.29) is 18.6 Å². The van der Waals surface area contributed by atoms with E-state index in [2.05, 4.69) is 10.6 Å². The van der Waals surface area contributed by atoms with Gasteiger partial charge in [-0.3, -0.25) is 4.79 Å². The summed E-state index contributed by atoms with van der Waals surface area (Å²) in [6, 6.07) is 13.9. The zero-order valence-corrected chi connectivity index (χ0v) is 13.4. The van der Waals surface area contributed by atoms with Crippen molar-refractivity contribution in [2.75, 3.05) is 18.5 Å². The van der Waals surface area contributed by atoms with Crippen molar-refractivity contribution >= 4 is 29.3 Å². The number of carbonyl (C=O) groups excluding carboxylic acids is 2. The molecule has 1 atom stereocenters. The van der Waals surface area contributed by atoms with Gasteiger partial charge in [0.2, 0.25) is 0 Å². The number of anilines is 1. The van der Waals surface area contributed by atoms with E-state index in [1.807, 2.05) is 0 Å². The van der Waals surface area contributed by atoms with Gasteiger partial charge in [-0.05, 0) is 42.0 Å². The number of nitrogens with one attached hydrogen (secondary N) is 2. The molecule has 2 amide bonds. The van der Waals surface area contributed by atoms with Crippen LogP contribution < -0.4 is 15.4 Å². The summed E-state index contributed by atoms with van der Waals surface area (Å²) in [5.41, 5.74) is 1.50. The summed E-state index contributed by atoms with van der Waals surface area (Å²) in [6.45, 7) is 0.340. The SMILES string of the molecule is O=C(COc1ccc(Cl)cc1)Nc1ccc(C2CNC(=O)O2)cc1. The third-order valence-corrected chi connectivity index (χ3v) is 3.68. The van der Waals surface area contributed by atoms with Crippen molar-refractivity contribution in [1.29, 1.82) is 0 Å². The van der Waals surface area contributed by atoms with Gasteiger partial charge in [0.15, 0.2) is 6.61 Å². The first-order chi connectivity index (χ1) is 11.6. The molecule has 1 heterocycles. The molecular formula is C17H15ClN2O4. The van der Waals surface area contributed by atoms with Gasteiger partial charge in [0.1, 0.15) is 11.9 Å². The summed E-state index contributed by atoms with van der Waals surface area (Å²) >= 11 is 5.78. The quantitative estimate of drug-likeness (QED) is 0.872. The molecule has 124 valence electrons. The van der Waals surface area contributed by atoms with Gasteiger partial charge in [-0.25, -0.2) is 4.79 Å². The van der Waals surface area contributed by atoms with Crippen molar-refractivity contribution in [3.8, 4) is 5.75 Å². The number of cyclic esters (lactones) is 1. The van der Waals surface area contributed by atoms with E-state index in [4.69, 9.17) is 21.1 Å². The van der Waals surface area contributed by atoms with Crippen molar-refractivity contribution in [2.45, 2.75) is 6.10 Å². The number of hydrogen-bond acceptors (Lipinski definition) is 4. The summed E-state index contributed by atoms with van der Waals surface area (Å²) in [6.07, 6.45) is -0.716. The van der Waals surface area contributed by atoms with Crippen LogP contribution in [0.15, 0.2) is 48.5 Å². The predicted molar refractivity (Wildman–Crippen MR) is 89.2 cm³/mol. The molecule has 6 nitrogen and oxygen atoms in total. The van der Waals surface area contributed by atoms with Crippen LogP contribution >= 0.6 is 11.6 Å². The number of halogens is 1. The van der Waals surface area contributed by atoms with Crippen molar-refractivity contribution in [1.82, 2.24) is 5.32 Å². The van der Waals surface area contributed by atoms with Gasteiger partial charge in [0.25, 0.3) is 5.91 Å². The molecular weight excluding hydrogens is 332 g/mol. The van der Waals surface area contributed by atoms with Gasteiger partial charge in [-0.1, -0.05) is 23.7 Å². The first kappa shape index (κ1) is 16.1. The number of ether oxygens (including phenoxy) is 2. The highest BCUT2D eigenvalue weighted by Crippen LogP contribution is 2.22. The van der Waals surface area contributed by atoms with Gasteiger partial charge < -0.3 is 20.1 Å². The molecule has 1 aliphatic heterocycles. The van der Waals surface area contributed by atoms with Crippen LogP contribution in [-0.4, -0.2) is 25.2 Å². The molecule has 2 aromatic carbocycles. The van der Waals surface area contributed by atoms with Crippen LogP contribution in [0.4, 0.5) is 10.5 Å². The summed E-state index contributed by atoms with van der Waals surface area (Å²) < 4.78 is 10.5. The molecule has 3 rings (SSSR count). The number of amides is 2. The van der Waals surface area contributed by atoms with Crippen LogP contribution in [0.3, 0.4) is 0 Å². The van der Waals surface area contributed by atoms with E-state index < -0.39 is 6.09 Å². The van der Waals surface area contributed by atoms with Crippen molar-refractivity contribution < 1.29 is 19.1 Å². The van der Waals surface area contributed by atoms with Crippen LogP contribution in [-0.2, 0) is 9.53 Å². The highest BCUT2D eigenvalue weighted by Gasteiger charge is 2.23. The van der Waals surface area contributed by atoms with Crippen molar-refractivity contribution in [2.24, 2.45) is 0 Å². The lowest BCUT2D eigenvalue weighted by Crippen LogP contribution is -2.20.